The van der Waals surface area contributed by atoms with E-state index in [4.69, 9.17) is 9.26 Å². The Balaban J connectivity index is 1.78. The number of aromatic nitrogens is 3. The van der Waals surface area contributed by atoms with E-state index in [9.17, 15) is 8.42 Å². The average molecular weight is 388 g/mol. The number of nitrogens with zero attached hydrogens (tertiary/aromatic N) is 2. The first kappa shape index (κ1) is 17.6. The summed E-state index contributed by atoms with van der Waals surface area (Å²) in [4.78, 5) is 7.58. The van der Waals surface area contributed by atoms with Gasteiger partial charge in [-0.15, -0.1) is 0 Å². The summed E-state index contributed by atoms with van der Waals surface area (Å²) in [6.45, 7) is 3.48. The lowest BCUT2D eigenvalue weighted by atomic mass is 10.2. The summed E-state index contributed by atoms with van der Waals surface area (Å²) in [6, 6.07) is 6.83. The number of H-pyrrole nitrogens is 1. The van der Waals surface area contributed by atoms with Crippen LogP contribution in [0.25, 0.3) is 11.5 Å². The van der Waals surface area contributed by atoms with Crippen molar-refractivity contribution in [3.8, 4) is 17.2 Å². The lowest BCUT2D eigenvalue weighted by molar-refractivity contribution is 0.417. The number of sulfonamides is 1. The normalized spacial score (nSPS) is 14.3. The molecule has 0 unspecified atom stereocenters. The zero-order valence-electron chi connectivity index (χ0n) is 15.2. The quantitative estimate of drug-likeness (QED) is 0.670. The highest BCUT2D eigenvalue weighted by Crippen LogP contribution is 2.40. The number of hydrogen-bond donors (Lipinski definition) is 2. The third kappa shape index (κ3) is 3.18. The highest BCUT2D eigenvalue weighted by atomic mass is 32.2. The number of aromatic amines is 1. The number of hydrogen-bond acceptors (Lipinski definition) is 6. The number of aryl methyl sites for hydroxylation is 2. The molecular weight excluding hydrogens is 368 g/mol. The third-order valence-corrected chi connectivity index (χ3v) is 6.07. The minimum Gasteiger partial charge on any atom is -0.495 e. The van der Waals surface area contributed by atoms with Crippen molar-refractivity contribution in [3.63, 3.8) is 0 Å². The molecule has 2 N–H and O–H groups in total. The fourth-order valence-corrected chi connectivity index (χ4v) is 4.64. The summed E-state index contributed by atoms with van der Waals surface area (Å²) in [5.74, 6) is 1.58. The van der Waals surface area contributed by atoms with Crippen LogP contribution < -0.4 is 9.46 Å². The number of benzene rings is 1. The average Bonchev–Trinajstić information content (AvgIpc) is 3.28. The van der Waals surface area contributed by atoms with Gasteiger partial charge in [-0.1, -0.05) is 17.3 Å². The molecule has 1 saturated carbocycles. The van der Waals surface area contributed by atoms with Crippen molar-refractivity contribution in [3.05, 3.63) is 41.5 Å². The minimum atomic E-state index is -3.92. The zero-order chi connectivity index (χ0) is 19.2. The highest BCUT2D eigenvalue weighted by molar-refractivity contribution is 7.93. The predicted molar refractivity (Wildman–Crippen MR) is 99.3 cm³/mol. The van der Waals surface area contributed by atoms with Crippen molar-refractivity contribution in [2.75, 3.05) is 11.8 Å². The Labute approximate surface area is 157 Å². The molecule has 8 nitrogen and oxygen atoms in total. The molecule has 0 saturated heterocycles. The second kappa shape index (κ2) is 6.41. The molecule has 1 aromatic carbocycles. The van der Waals surface area contributed by atoms with E-state index in [1.54, 1.807) is 38.1 Å². The summed E-state index contributed by atoms with van der Waals surface area (Å²) in [5.41, 5.74) is 1.90. The summed E-state index contributed by atoms with van der Waals surface area (Å²) >= 11 is 0. The molecule has 9 heteroatoms. The van der Waals surface area contributed by atoms with Crippen molar-refractivity contribution < 1.29 is 17.7 Å². The molecule has 0 radical (unpaired) electrons. The van der Waals surface area contributed by atoms with Crippen LogP contribution in [-0.4, -0.2) is 30.7 Å². The van der Waals surface area contributed by atoms with E-state index < -0.39 is 10.0 Å². The molecule has 2 aromatic heterocycles. The number of para-hydroxylation sites is 2. The maximum atomic E-state index is 13.2. The Morgan fingerprint density at radius 2 is 1.96 bits per heavy atom. The molecular formula is C18H20N4O4S. The van der Waals surface area contributed by atoms with Crippen molar-refractivity contribution in [1.29, 1.82) is 0 Å². The molecule has 142 valence electrons. The van der Waals surface area contributed by atoms with E-state index in [-0.39, 0.29) is 10.8 Å². The molecule has 1 fully saturated rings. The van der Waals surface area contributed by atoms with Crippen LogP contribution in [0.2, 0.25) is 0 Å². The monoisotopic (exact) mass is 388 g/mol. The van der Waals surface area contributed by atoms with Crippen molar-refractivity contribution in [2.45, 2.75) is 37.5 Å². The van der Waals surface area contributed by atoms with Gasteiger partial charge in [0.05, 0.1) is 18.4 Å². The van der Waals surface area contributed by atoms with Crippen molar-refractivity contribution in [2.24, 2.45) is 0 Å². The molecule has 1 aliphatic carbocycles. The summed E-state index contributed by atoms with van der Waals surface area (Å²) < 4.78 is 39.6. The summed E-state index contributed by atoms with van der Waals surface area (Å²) in [7, 11) is -2.43. The van der Waals surface area contributed by atoms with Gasteiger partial charge >= 0.3 is 0 Å². The molecule has 27 heavy (non-hydrogen) atoms. The number of methoxy groups -OCH3 is 1. The fourth-order valence-electron chi connectivity index (χ4n) is 3.12. The lowest BCUT2D eigenvalue weighted by Gasteiger charge is -2.12. The molecule has 3 aromatic rings. The van der Waals surface area contributed by atoms with Gasteiger partial charge in [0.25, 0.3) is 15.9 Å². The molecule has 1 aliphatic rings. The molecule has 0 atom stereocenters. The van der Waals surface area contributed by atoms with Gasteiger partial charge in [-0.3, -0.25) is 4.72 Å². The molecule has 0 amide bonds. The van der Waals surface area contributed by atoms with Gasteiger partial charge in [0.2, 0.25) is 0 Å². The number of anilines is 1. The Hall–Kier alpha value is -2.81. The maximum Gasteiger partial charge on any atom is 0.264 e. The summed E-state index contributed by atoms with van der Waals surface area (Å²) in [5, 5.41) is 4.00. The predicted octanol–water partition coefficient (Wildman–Crippen LogP) is 3.37. The topological polar surface area (TPSA) is 110 Å². The van der Waals surface area contributed by atoms with E-state index in [1.807, 2.05) is 0 Å². The Morgan fingerprint density at radius 3 is 2.67 bits per heavy atom. The van der Waals surface area contributed by atoms with Crippen LogP contribution in [0, 0.1) is 13.8 Å². The first-order chi connectivity index (χ1) is 12.9. The zero-order valence-corrected chi connectivity index (χ0v) is 16.1. The highest BCUT2D eigenvalue weighted by Gasteiger charge is 2.33. The standard InChI is InChI=1S/C18H20N4O4S/c1-10-15(18-20-17(21-26-18)12-8-9-12)16(11(2)19-10)27(23,24)22-13-6-4-5-7-14(13)25-3/h4-7,12,19,22H,8-9H2,1-3H3. The van der Waals surface area contributed by atoms with E-state index in [2.05, 4.69) is 19.8 Å². The van der Waals surface area contributed by atoms with Gasteiger partial charge in [-0.2, -0.15) is 4.98 Å². The van der Waals surface area contributed by atoms with Gasteiger partial charge in [-0.25, -0.2) is 8.42 Å². The minimum absolute atomic E-state index is 0.0944. The largest absolute Gasteiger partial charge is 0.495 e. The number of nitrogens with one attached hydrogen (secondary N) is 2. The first-order valence-corrected chi connectivity index (χ1v) is 10.1. The smallest absolute Gasteiger partial charge is 0.264 e. The first-order valence-electron chi connectivity index (χ1n) is 8.59. The molecule has 0 bridgehead atoms. The maximum absolute atomic E-state index is 13.2. The molecule has 0 aliphatic heterocycles. The summed E-state index contributed by atoms with van der Waals surface area (Å²) in [6.07, 6.45) is 2.06. The number of ether oxygens (including phenoxy) is 1. The van der Waals surface area contributed by atoms with Gasteiger partial charge in [-0.05, 0) is 38.8 Å². The van der Waals surface area contributed by atoms with Crippen LogP contribution in [0.4, 0.5) is 5.69 Å². The number of rotatable bonds is 6. The Bertz CT molecular complexity index is 1100. The van der Waals surface area contributed by atoms with Crippen LogP contribution in [0.5, 0.6) is 5.75 Å². The SMILES string of the molecule is COc1ccccc1NS(=O)(=O)c1c(C)[nH]c(C)c1-c1nc(C2CC2)no1. The van der Waals surface area contributed by atoms with Crippen LogP contribution in [0.1, 0.15) is 36.0 Å². The van der Waals surface area contributed by atoms with Crippen molar-refractivity contribution in [1.82, 2.24) is 15.1 Å². The van der Waals surface area contributed by atoms with Gasteiger partial charge in [0.15, 0.2) is 5.82 Å². The van der Waals surface area contributed by atoms with Crippen LogP contribution >= 0.6 is 0 Å². The fraction of sp³-hybridized carbons (Fsp3) is 0.333. The van der Waals surface area contributed by atoms with Gasteiger partial charge in [0.1, 0.15) is 10.6 Å². The second-order valence-corrected chi connectivity index (χ2v) is 8.24. The lowest BCUT2D eigenvalue weighted by Crippen LogP contribution is -2.15. The van der Waals surface area contributed by atoms with E-state index >= 15 is 0 Å². The van der Waals surface area contributed by atoms with Crippen LogP contribution in [-0.2, 0) is 10.0 Å². The Morgan fingerprint density at radius 1 is 1.22 bits per heavy atom. The molecule has 4 rings (SSSR count). The second-order valence-electron chi connectivity index (χ2n) is 6.62. The Kier molecular flexibility index (Phi) is 4.18. The third-order valence-electron chi connectivity index (χ3n) is 4.54. The van der Waals surface area contributed by atoms with E-state index in [1.165, 1.54) is 7.11 Å². The van der Waals surface area contributed by atoms with Crippen molar-refractivity contribution >= 4 is 15.7 Å². The van der Waals surface area contributed by atoms with Crippen LogP contribution in [0.15, 0.2) is 33.7 Å². The van der Waals surface area contributed by atoms with Gasteiger partial charge in [0, 0.05) is 17.3 Å². The van der Waals surface area contributed by atoms with E-state index in [0.29, 0.717) is 40.1 Å². The van der Waals surface area contributed by atoms with E-state index in [0.717, 1.165) is 12.8 Å². The molecule has 2 heterocycles. The van der Waals surface area contributed by atoms with Gasteiger partial charge < -0.3 is 14.2 Å². The van der Waals surface area contributed by atoms with Crippen LogP contribution in [0.3, 0.4) is 0 Å². The molecule has 0 spiro atoms.